The standard InChI is InChI=1S/C20H21NO4S3/c1-12(18(23)17-8-7-16(28-17)11-21-13(2)22)25-19(24)14-3-5-15(6-4-14)20-26-9-10-27-20/h3-8,12,20H,9-11H2,1-2H3,(H,21,22). The van der Waals surface area contributed by atoms with Gasteiger partial charge in [-0.3, -0.25) is 9.59 Å². The number of hydrogen-bond donors (Lipinski definition) is 1. The zero-order valence-electron chi connectivity index (χ0n) is 15.6. The number of amides is 1. The third kappa shape index (κ3) is 5.40. The summed E-state index contributed by atoms with van der Waals surface area (Å²) in [6.07, 6.45) is -0.875. The number of ether oxygens (including phenoxy) is 1. The summed E-state index contributed by atoms with van der Waals surface area (Å²) in [6.45, 7) is 3.40. The molecule has 1 aliphatic rings. The van der Waals surface area contributed by atoms with E-state index in [1.165, 1.54) is 23.8 Å². The van der Waals surface area contributed by atoms with Crippen LogP contribution in [0.15, 0.2) is 36.4 Å². The third-order valence-electron chi connectivity index (χ3n) is 4.11. The molecule has 1 unspecified atom stereocenters. The summed E-state index contributed by atoms with van der Waals surface area (Å²) in [5.41, 5.74) is 1.63. The van der Waals surface area contributed by atoms with E-state index >= 15 is 0 Å². The Bertz CT molecular complexity index is 857. The lowest BCUT2D eigenvalue weighted by atomic mass is 10.1. The van der Waals surface area contributed by atoms with Crippen LogP contribution in [0.4, 0.5) is 0 Å². The molecule has 0 radical (unpaired) electrons. The highest BCUT2D eigenvalue weighted by molar-refractivity contribution is 8.19. The molecule has 1 aromatic carbocycles. The Balaban J connectivity index is 1.57. The van der Waals surface area contributed by atoms with Gasteiger partial charge in [0.25, 0.3) is 0 Å². The van der Waals surface area contributed by atoms with Crippen LogP contribution in [0.3, 0.4) is 0 Å². The number of ketones is 1. The van der Waals surface area contributed by atoms with Crippen molar-refractivity contribution in [2.24, 2.45) is 0 Å². The molecule has 148 valence electrons. The van der Waals surface area contributed by atoms with Crippen LogP contribution < -0.4 is 5.32 Å². The Kier molecular flexibility index (Phi) is 7.20. The fourth-order valence-corrected chi connectivity index (χ4v) is 6.45. The normalized spacial score (nSPS) is 15.2. The molecule has 3 rings (SSSR count). The molecule has 8 heteroatoms. The summed E-state index contributed by atoms with van der Waals surface area (Å²) in [5, 5.41) is 2.69. The first-order valence-corrected chi connectivity index (χ1v) is 11.8. The van der Waals surface area contributed by atoms with Crippen molar-refractivity contribution in [3.8, 4) is 0 Å². The Labute approximate surface area is 176 Å². The van der Waals surface area contributed by atoms with Crippen molar-refractivity contribution < 1.29 is 19.1 Å². The Hall–Kier alpha value is -1.77. The molecular formula is C20H21NO4S3. The van der Waals surface area contributed by atoms with E-state index in [0.29, 0.717) is 21.6 Å². The molecule has 28 heavy (non-hydrogen) atoms. The maximum absolute atomic E-state index is 12.5. The summed E-state index contributed by atoms with van der Waals surface area (Å²) < 4.78 is 5.79. The second kappa shape index (κ2) is 9.62. The topological polar surface area (TPSA) is 72.5 Å². The zero-order valence-corrected chi connectivity index (χ0v) is 18.0. The molecule has 1 atom stereocenters. The Morgan fingerprint density at radius 1 is 1.11 bits per heavy atom. The number of carbonyl (C=O) groups excluding carboxylic acids is 3. The number of esters is 1. The number of thioether (sulfide) groups is 2. The summed E-state index contributed by atoms with van der Waals surface area (Å²) >= 11 is 5.11. The third-order valence-corrected chi connectivity index (χ3v) is 8.31. The second-order valence-electron chi connectivity index (χ2n) is 6.28. The number of thiophene rings is 1. The maximum Gasteiger partial charge on any atom is 0.338 e. The fourth-order valence-electron chi connectivity index (χ4n) is 2.63. The number of Topliss-reactive ketones (excluding diaryl/α,β-unsaturated/α-hetero) is 1. The first-order valence-electron chi connectivity index (χ1n) is 8.85. The van der Waals surface area contributed by atoms with Crippen LogP contribution in [0.1, 0.15) is 48.9 Å². The van der Waals surface area contributed by atoms with Gasteiger partial charge in [0.15, 0.2) is 6.10 Å². The summed E-state index contributed by atoms with van der Waals surface area (Å²) in [4.78, 5) is 37.3. The van der Waals surface area contributed by atoms with Gasteiger partial charge in [0.1, 0.15) is 0 Å². The lowest BCUT2D eigenvalue weighted by Gasteiger charge is -2.12. The Morgan fingerprint density at radius 2 is 1.79 bits per heavy atom. The van der Waals surface area contributed by atoms with Gasteiger partial charge in [-0.2, -0.15) is 0 Å². The molecular weight excluding hydrogens is 414 g/mol. The molecule has 0 aliphatic carbocycles. The number of hydrogen-bond acceptors (Lipinski definition) is 7. The summed E-state index contributed by atoms with van der Waals surface area (Å²) in [6, 6.07) is 10.9. The molecule has 2 aromatic rings. The van der Waals surface area contributed by atoms with Crippen molar-refractivity contribution >= 4 is 52.5 Å². The van der Waals surface area contributed by atoms with Crippen LogP contribution in [-0.2, 0) is 16.1 Å². The highest BCUT2D eigenvalue weighted by Crippen LogP contribution is 2.45. The molecule has 0 saturated carbocycles. The van der Waals surface area contributed by atoms with Crippen LogP contribution in [-0.4, -0.2) is 35.3 Å². The van der Waals surface area contributed by atoms with E-state index in [-0.39, 0.29) is 11.7 Å². The molecule has 1 saturated heterocycles. The van der Waals surface area contributed by atoms with E-state index < -0.39 is 12.1 Å². The summed E-state index contributed by atoms with van der Waals surface area (Å²) in [5.74, 6) is 1.42. The van der Waals surface area contributed by atoms with E-state index in [9.17, 15) is 14.4 Å². The van der Waals surface area contributed by atoms with Crippen molar-refractivity contribution in [1.82, 2.24) is 5.32 Å². The van der Waals surface area contributed by atoms with Gasteiger partial charge < -0.3 is 10.1 Å². The smallest absolute Gasteiger partial charge is 0.338 e. The van der Waals surface area contributed by atoms with Crippen molar-refractivity contribution in [2.45, 2.75) is 31.1 Å². The predicted octanol–water partition coefficient (Wildman–Crippen LogP) is 4.29. The van der Waals surface area contributed by atoms with Crippen molar-refractivity contribution in [1.29, 1.82) is 0 Å². The predicted molar refractivity (Wildman–Crippen MR) is 115 cm³/mol. The molecule has 2 heterocycles. The second-order valence-corrected chi connectivity index (χ2v) is 10.2. The fraction of sp³-hybridized carbons (Fsp3) is 0.350. The van der Waals surface area contributed by atoms with Gasteiger partial charge in [-0.1, -0.05) is 12.1 Å². The molecule has 0 spiro atoms. The van der Waals surface area contributed by atoms with Crippen LogP contribution in [0.25, 0.3) is 0 Å². The monoisotopic (exact) mass is 435 g/mol. The molecule has 1 aromatic heterocycles. The van der Waals surface area contributed by atoms with Gasteiger partial charge in [-0.15, -0.1) is 34.9 Å². The molecule has 0 bridgehead atoms. The van der Waals surface area contributed by atoms with E-state index in [2.05, 4.69) is 5.32 Å². The van der Waals surface area contributed by atoms with Gasteiger partial charge in [0.2, 0.25) is 11.7 Å². The van der Waals surface area contributed by atoms with Gasteiger partial charge >= 0.3 is 5.97 Å². The summed E-state index contributed by atoms with van der Waals surface area (Å²) in [7, 11) is 0. The van der Waals surface area contributed by atoms with Crippen molar-refractivity contribution in [2.75, 3.05) is 11.5 Å². The SMILES string of the molecule is CC(=O)NCc1ccc(C(=O)C(C)OC(=O)c2ccc(C3SCCS3)cc2)s1. The molecule has 5 nitrogen and oxygen atoms in total. The van der Waals surface area contributed by atoms with Gasteiger partial charge in [-0.25, -0.2) is 4.79 Å². The van der Waals surface area contributed by atoms with Crippen molar-refractivity contribution in [3.63, 3.8) is 0 Å². The van der Waals surface area contributed by atoms with E-state index in [4.69, 9.17) is 4.74 Å². The highest BCUT2D eigenvalue weighted by atomic mass is 32.2. The zero-order chi connectivity index (χ0) is 20.1. The molecule has 1 amide bonds. The quantitative estimate of drug-likeness (QED) is 0.517. The first-order chi connectivity index (χ1) is 13.4. The van der Waals surface area contributed by atoms with Gasteiger partial charge in [-0.05, 0) is 36.8 Å². The van der Waals surface area contributed by atoms with Crippen LogP contribution >= 0.6 is 34.9 Å². The Morgan fingerprint density at radius 3 is 2.43 bits per heavy atom. The van der Waals surface area contributed by atoms with Crippen LogP contribution in [0.2, 0.25) is 0 Å². The van der Waals surface area contributed by atoms with Gasteiger partial charge in [0, 0.05) is 23.3 Å². The van der Waals surface area contributed by atoms with E-state index in [0.717, 1.165) is 16.4 Å². The largest absolute Gasteiger partial charge is 0.451 e. The van der Waals surface area contributed by atoms with Crippen LogP contribution in [0.5, 0.6) is 0 Å². The minimum atomic E-state index is -0.875. The molecule has 1 N–H and O–H groups in total. The number of nitrogens with one attached hydrogen (secondary N) is 1. The number of rotatable bonds is 7. The molecule has 1 fully saturated rings. The number of carbonyl (C=O) groups is 3. The average Bonchev–Trinajstić information content (AvgIpc) is 3.38. The van der Waals surface area contributed by atoms with Crippen LogP contribution in [0, 0.1) is 0 Å². The molecule has 1 aliphatic heterocycles. The highest BCUT2D eigenvalue weighted by Gasteiger charge is 2.23. The van der Waals surface area contributed by atoms with Gasteiger partial charge in [0.05, 0.1) is 21.6 Å². The van der Waals surface area contributed by atoms with E-state index in [1.54, 1.807) is 31.2 Å². The lowest BCUT2D eigenvalue weighted by molar-refractivity contribution is -0.119. The minimum Gasteiger partial charge on any atom is -0.451 e. The lowest BCUT2D eigenvalue weighted by Crippen LogP contribution is -2.23. The van der Waals surface area contributed by atoms with E-state index in [1.807, 2.05) is 35.7 Å². The maximum atomic E-state index is 12.5. The first kappa shape index (κ1) is 21.0. The average molecular weight is 436 g/mol. The minimum absolute atomic E-state index is 0.125. The van der Waals surface area contributed by atoms with Crippen molar-refractivity contribution in [3.05, 3.63) is 57.3 Å². The number of benzene rings is 1.